The summed E-state index contributed by atoms with van der Waals surface area (Å²) >= 11 is 0. The van der Waals surface area contributed by atoms with E-state index in [0.29, 0.717) is 18.9 Å². The number of nitrogens with one attached hydrogen (secondary N) is 2. The largest absolute Gasteiger partial charge is 0.390 e. The number of nitrogens with two attached hydrogens (primary N) is 1. The summed E-state index contributed by atoms with van der Waals surface area (Å²) in [5.41, 5.74) is 8.94. The molecule has 7 heteroatoms. The van der Waals surface area contributed by atoms with E-state index in [1.807, 2.05) is 25.1 Å². The van der Waals surface area contributed by atoms with Crippen molar-refractivity contribution < 1.29 is 15.3 Å². The fourth-order valence-corrected chi connectivity index (χ4v) is 12.5. The van der Waals surface area contributed by atoms with Crippen molar-refractivity contribution >= 4 is 16.9 Å². The number of para-hydroxylation sites is 1. The highest BCUT2D eigenvalue weighted by Crippen LogP contribution is 2.71. The summed E-state index contributed by atoms with van der Waals surface area (Å²) < 4.78 is 0. The van der Waals surface area contributed by atoms with Crippen LogP contribution in [0.1, 0.15) is 82.4 Å². The molecule has 7 N–H and O–H groups in total. The average molecular weight is 687 g/mol. The van der Waals surface area contributed by atoms with E-state index >= 15 is 0 Å². The first-order valence-electron chi connectivity index (χ1n) is 19.6. The first-order chi connectivity index (χ1) is 24.6. The molecule has 10 rings (SSSR count). The van der Waals surface area contributed by atoms with E-state index in [9.17, 15) is 15.3 Å². The molecule has 0 saturated heterocycles. The van der Waals surface area contributed by atoms with Crippen molar-refractivity contribution in [2.45, 2.75) is 107 Å². The van der Waals surface area contributed by atoms with Gasteiger partial charge in [0.25, 0.3) is 0 Å². The Bertz CT molecular complexity index is 1880. The second-order valence-corrected chi connectivity index (χ2v) is 17.5. The molecule has 4 bridgehead atoms. The highest BCUT2D eigenvalue weighted by molar-refractivity contribution is 5.80. The zero-order valence-electron chi connectivity index (χ0n) is 30.0. The molecule has 268 valence electrons. The Morgan fingerprint density at radius 1 is 0.980 bits per heavy atom. The lowest BCUT2D eigenvalue weighted by atomic mass is 9.46. The number of aliphatic hydroxyl groups is 3. The quantitative estimate of drug-likeness (QED) is 0.0817. The summed E-state index contributed by atoms with van der Waals surface area (Å²) in [7, 11) is 0. The second kappa shape index (κ2) is 12.3. The van der Waals surface area contributed by atoms with Crippen molar-refractivity contribution in [3.63, 3.8) is 0 Å². The van der Waals surface area contributed by atoms with Crippen LogP contribution in [0.25, 0.3) is 10.9 Å². The predicted molar refractivity (Wildman–Crippen MR) is 201 cm³/mol. The van der Waals surface area contributed by atoms with Gasteiger partial charge in [0, 0.05) is 41.9 Å². The number of fused-ring (bicyclic) bond motifs is 2. The normalized spacial score (nSPS) is 39.3. The van der Waals surface area contributed by atoms with Gasteiger partial charge in [0.15, 0.2) is 5.96 Å². The van der Waals surface area contributed by atoms with Gasteiger partial charge in [-0.15, -0.1) is 0 Å². The maximum absolute atomic E-state index is 13.0. The third kappa shape index (κ3) is 5.39. The monoisotopic (exact) mass is 686 g/mol. The molecule has 7 aliphatic carbocycles. The zero-order valence-corrected chi connectivity index (χ0v) is 30.0. The van der Waals surface area contributed by atoms with Gasteiger partial charge in [-0.3, -0.25) is 4.99 Å². The number of nitrogens with zero attached hydrogens (tertiary/aromatic N) is 1. The van der Waals surface area contributed by atoms with Gasteiger partial charge in [-0.05, 0) is 110 Å². The van der Waals surface area contributed by atoms with E-state index in [1.54, 1.807) is 0 Å². The summed E-state index contributed by atoms with van der Waals surface area (Å²) in [6.45, 7) is 2.56. The van der Waals surface area contributed by atoms with Crippen LogP contribution >= 0.6 is 0 Å². The molecule has 7 nitrogen and oxygen atoms in total. The minimum atomic E-state index is -1.42. The Morgan fingerprint density at radius 3 is 2.57 bits per heavy atom. The topological polar surface area (TPSA) is 127 Å². The van der Waals surface area contributed by atoms with E-state index < -0.39 is 23.3 Å². The van der Waals surface area contributed by atoms with Crippen LogP contribution in [0.4, 0.5) is 0 Å². The average Bonchev–Trinajstić information content (AvgIpc) is 3.79. The molecule has 1 heterocycles. The van der Waals surface area contributed by atoms with Crippen LogP contribution in [-0.4, -0.2) is 56.2 Å². The number of hydrogen-bond donors (Lipinski definition) is 6. The van der Waals surface area contributed by atoms with Crippen LogP contribution < -0.4 is 11.1 Å². The Labute approximate surface area is 302 Å². The number of benzene rings is 2. The molecule has 3 aromatic rings. The maximum Gasteiger partial charge on any atom is 0.189 e. The van der Waals surface area contributed by atoms with Crippen molar-refractivity contribution in [1.82, 2.24) is 10.3 Å². The number of hydrogen-bond acceptors (Lipinski definition) is 4. The Morgan fingerprint density at radius 2 is 1.76 bits per heavy atom. The molecule has 2 spiro atoms. The van der Waals surface area contributed by atoms with Crippen molar-refractivity contribution in [1.29, 1.82) is 0 Å². The molecule has 2 aromatic carbocycles. The smallest absolute Gasteiger partial charge is 0.189 e. The number of aromatic nitrogens is 1. The molecule has 51 heavy (non-hydrogen) atoms. The third-order valence-corrected chi connectivity index (χ3v) is 14.8. The number of aliphatic hydroxyl groups excluding tert-OH is 1. The number of allylic oxidation sites excluding steroid dienone is 2. The maximum atomic E-state index is 13.0. The second-order valence-electron chi connectivity index (χ2n) is 17.5. The van der Waals surface area contributed by atoms with E-state index in [0.717, 1.165) is 44.0 Å². The number of rotatable bonds is 6. The van der Waals surface area contributed by atoms with Gasteiger partial charge in [0.2, 0.25) is 0 Å². The lowest BCUT2D eigenvalue weighted by Crippen LogP contribution is -2.56. The SMILES string of the molecule is CC1(O)C2CCC3C4C1CC(O)C4(O)CC(NC(N)=NCCc1ccccc1)C#CC1CC4(C=C(Cc5cc6ccccc6[nH]5)C13C2)CCCC4. The van der Waals surface area contributed by atoms with Crippen LogP contribution in [0.2, 0.25) is 0 Å². The van der Waals surface area contributed by atoms with Gasteiger partial charge in [0.1, 0.15) is 0 Å². The van der Waals surface area contributed by atoms with Crippen LogP contribution in [0.5, 0.6) is 0 Å². The van der Waals surface area contributed by atoms with Gasteiger partial charge in [-0.1, -0.05) is 84.9 Å². The lowest BCUT2D eigenvalue weighted by Gasteiger charge is -2.58. The van der Waals surface area contributed by atoms with Gasteiger partial charge in [-0.2, -0.15) is 0 Å². The Kier molecular flexibility index (Phi) is 8.00. The first-order valence-corrected chi connectivity index (χ1v) is 19.6. The standard InChI is InChI=1S/C44H54N4O3/c1-41(50)30-14-16-35-39-36(41)23-38(49)44(39,51)27-33(48-40(45)46-20-17-28-9-3-2-4-10-28)15-13-31-24-42(18-7-8-19-42)25-32(43(31,35)26-30)22-34-21-29-11-5-6-12-37(29)47-34/h2-6,9-12,21,25,30-31,33,35-36,38-39,47,49-51H,7-8,14,16-20,22-24,26-27H2,1H3,(H3,45,46,48). The lowest BCUT2D eigenvalue weighted by molar-refractivity contribution is -0.128. The highest BCUT2D eigenvalue weighted by Gasteiger charge is 2.71. The summed E-state index contributed by atoms with van der Waals surface area (Å²) in [4.78, 5) is 8.42. The molecule has 5 fully saturated rings. The van der Waals surface area contributed by atoms with Gasteiger partial charge in [0.05, 0.1) is 23.3 Å². The molecular weight excluding hydrogens is 633 g/mol. The molecule has 10 atom stereocenters. The summed E-state index contributed by atoms with van der Waals surface area (Å²) in [6.07, 6.45) is 12.5. The summed E-state index contributed by atoms with van der Waals surface area (Å²) in [5.74, 6) is 7.66. The van der Waals surface area contributed by atoms with E-state index in [1.165, 1.54) is 47.9 Å². The van der Waals surface area contributed by atoms with E-state index in [-0.39, 0.29) is 46.8 Å². The number of aromatic amines is 1. The summed E-state index contributed by atoms with van der Waals surface area (Å²) in [6, 6.07) is 20.6. The predicted octanol–water partition coefficient (Wildman–Crippen LogP) is 6.04. The Balaban J connectivity index is 1.16. The molecule has 0 amide bonds. The van der Waals surface area contributed by atoms with Crippen LogP contribution in [0.15, 0.2) is 77.3 Å². The van der Waals surface area contributed by atoms with Gasteiger partial charge < -0.3 is 31.4 Å². The zero-order chi connectivity index (χ0) is 35.0. The number of aliphatic imine (C=N–C) groups is 1. The number of H-pyrrole nitrogens is 1. The summed E-state index contributed by atoms with van der Waals surface area (Å²) in [5, 5.41) is 42.1. The molecule has 5 saturated carbocycles. The molecule has 10 unspecified atom stereocenters. The van der Waals surface area contributed by atoms with Crippen molar-refractivity contribution in [3.05, 3.63) is 83.6 Å². The van der Waals surface area contributed by atoms with E-state index in [4.69, 9.17) is 5.73 Å². The van der Waals surface area contributed by atoms with Crippen LogP contribution in [0.3, 0.4) is 0 Å². The third-order valence-electron chi connectivity index (χ3n) is 14.8. The Hall–Kier alpha value is -3.57. The molecule has 7 aliphatic rings. The minimum absolute atomic E-state index is 0.0722. The minimum Gasteiger partial charge on any atom is -0.390 e. The van der Waals surface area contributed by atoms with E-state index in [2.05, 4.69) is 75.7 Å². The molecule has 0 aliphatic heterocycles. The number of guanidine groups is 1. The highest BCUT2D eigenvalue weighted by atomic mass is 16.3. The molecule has 1 aromatic heterocycles. The van der Waals surface area contributed by atoms with Gasteiger partial charge in [-0.25, -0.2) is 0 Å². The van der Waals surface area contributed by atoms with Crippen LogP contribution in [0, 0.1) is 52.3 Å². The fourth-order valence-electron chi connectivity index (χ4n) is 12.5. The fraction of sp³-hybridized carbons (Fsp3) is 0.568. The molecule has 0 radical (unpaired) electrons. The molecular formula is C44H54N4O3. The first kappa shape index (κ1) is 33.3. The van der Waals surface area contributed by atoms with Gasteiger partial charge >= 0.3 is 0 Å². The van der Waals surface area contributed by atoms with Crippen molar-refractivity contribution in [3.8, 4) is 11.8 Å². The van der Waals surface area contributed by atoms with Crippen molar-refractivity contribution in [2.75, 3.05) is 6.54 Å². The van der Waals surface area contributed by atoms with Crippen LogP contribution in [-0.2, 0) is 12.8 Å². The van der Waals surface area contributed by atoms with Crippen molar-refractivity contribution in [2.24, 2.45) is 51.1 Å².